The van der Waals surface area contributed by atoms with Crippen LogP contribution >= 0.6 is 11.6 Å². The number of carbonyl (C=O) groups is 1. The summed E-state index contributed by atoms with van der Waals surface area (Å²) in [5.74, 6) is -0.611. The molecule has 0 aliphatic rings. The zero-order valence-electron chi connectivity index (χ0n) is 9.72. The fourth-order valence-corrected chi connectivity index (χ4v) is 1.81. The highest BCUT2D eigenvalue weighted by Crippen LogP contribution is 2.25. The maximum Gasteiger partial charge on any atom is 0.374 e. The van der Waals surface area contributed by atoms with Crippen LogP contribution in [-0.4, -0.2) is 13.1 Å². The van der Waals surface area contributed by atoms with Gasteiger partial charge in [-0.25, -0.2) is 4.79 Å². The molecule has 2 aromatic carbocycles. The Bertz CT molecular complexity index is 552. The predicted octanol–water partition coefficient (Wildman–Crippen LogP) is 3.73. The monoisotopic (exact) mass is 262 g/mol. The first-order valence-corrected chi connectivity index (χ1v) is 5.70. The van der Waals surface area contributed by atoms with Crippen molar-refractivity contribution in [2.75, 3.05) is 7.11 Å². The number of hydrogen-bond donors (Lipinski definition) is 0. The number of benzene rings is 2. The Morgan fingerprint density at radius 3 is 2.44 bits per heavy atom. The van der Waals surface area contributed by atoms with Gasteiger partial charge in [0.15, 0.2) is 0 Å². The van der Waals surface area contributed by atoms with Gasteiger partial charge in [0, 0.05) is 0 Å². The fraction of sp³-hybridized carbons (Fsp3) is 0.0714. The first-order valence-electron chi connectivity index (χ1n) is 5.32. The normalized spacial score (nSPS) is 10.1. The van der Waals surface area contributed by atoms with Crippen molar-refractivity contribution >= 4 is 17.6 Å². The van der Waals surface area contributed by atoms with Crippen LogP contribution in [0.2, 0.25) is 5.02 Å². The van der Waals surface area contributed by atoms with Crippen LogP contribution < -0.4 is 0 Å². The molecule has 0 N–H and O–H groups in total. The van der Waals surface area contributed by atoms with Crippen LogP contribution in [0.1, 0.15) is 10.4 Å². The van der Waals surface area contributed by atoms with Crippen LogP contribution in [-0.2, 0) is 9.78 Å². The Morgan fingerprint density at radius 2 is 1.78 bits per heavy atom. The average Bonchev–Trinajstić information content (AvgIpc) is 2.40. The number of hydrogen-bond acceptors (Lipinski definition) is 3. The largest absolute Gasteiger partial charge is 0.374 e. The SMILES string of the molecule is COOC(=O)c1cc(-c2ccccc2)ccc1Cl. The number of halogens is 1. The molecule has 0 heterocycles. The topological polar surface area (TPSA) is 35.5 Å². The Labute approximate surface area is 110 Å². The van der Waals surface area contributed by atoms with Crippen LogP contribution in [0, 0.1) is 0 Å². The van der Waals surface area contributed by atoms with Gasteiger partial charge in [0.1, 0.15) is 0 Å². The second kappa shape index (κ2) is 5.67. The lowest BCUT2D eigenvalue weighted by molar-refractivity contribution is -0.216. The maximum atomic E-state index is 11.6. The van der Waals surface area contributed by atoms with Crippen molar-refractivity contribution in [1.29, 1.82) is 0 Å². The van der Waals surface area contributed by atoms with E-state index >= 15 is 0 Å². The zero-order chi connectivity index (χ0) is 13.0. The molecule has 0 saturated heterocycles. The van der Waals surface area contributed by atoms with Gasteiger partial charge in [-0.1, -0.05) is 48.0 Å². The highest BCUT2D eigenvalue weighted by Gasteiger charge is 2.13. The highest BCUT2D eigenvalue weighted by atomic mass is 35.5. The third-order valence-electron chi connectivity index (χ3n) is 2.45. The van der Waals surface area contributed by atoms with E-state index in [0.29, 0.717) is 5.02 Å². The van der Waals surface area contributed by atoms with Crippen LogP contribution in [0.15, 0.2) is 48.5 Å². The lowest BCUT2D eigenvalue weighted by Crippen LogP contribution is -2.05. The molecule has 3 nitrogen and oxygen atoms in total. The molecule has 0 saturated carbocycles. The predicted molar refractivity (Wildman–Crippen MR) is 69.3 cm³/mol. The lowest BCUT2D eigenvalue weighted by atomic mass is 10.0. The van der Waals surface area contributed by atoms with Crippen molar-refractivity contribution < 1.29 is 14.6 Å². The summed E-state index contributed by atoms with van der Waals surface area (Å²) < 4.78 is 0. The maximum absolute atomic E-state index is 11.6. The van der Waals surface area contributed by atoms with E-state index in [1.165, 1.54) is 7.11 Å². The lowest BCUT2D eigenvalue weighted by Gasteiger charge is -2.06. The molecule has 0 atom stereocenters. The standard InChI is InChI=1S/C14H11ClO3/c1-17-18-14(16)12-9-11(7-8-13(12)15)10-5-3-2-4-6-10/h2-9H,1H3. The molecule has 0 radical (unpaired) electrons. The summed E-state index contributed by atoms with van der Waals surface area (Å²) in [7, 11) is 1.27. The van der Waals surface area contributed by atoms with Gasteiger partial charge in [-0.15, -0.1) is 0 Å². The van der Waals surface area contributed by atoms with Gasteiger partial charge in [0.25, 0.3) is 0 Å². The van der Waals surface area contributed by atoms with E-state index in [0.717, 1.165) is 11.1 Å². The van der Waals surface area contributed by atoms with Crippen molar-refractivity contribution in [3.8, 4) is 11.1 Å². The van der Waals surface area contributed by atoms with Crippen molar-refractivity contribution in [2.24, 2.45) is 0 Å². The minimum absolute atomic E-state index is 0.278. The summed E-state index contributed by atoms with van der Waals surface area (Å²) in [6.45, 7) is 0. The minimum Gasteiger partial charge on any atom is -0.293 e. The Kier molecular flexibility index (Phi) is 3.97. The van der Waals surface area contributed by atoms with Crippen LogP contribution in [0.5, 0.6) is 0 Å². The van der Waals surface area contributed by atoms with Crippen molar-refractivity contribution in [2.45, 2.75) is 0 Å². The molecule has 4 heteroatoms. The van der Waals surface area contributed by atoms with E-state index < -0.39 is 5.97 Å². The summed E-state index contributed by atoms with van der Waals surface area (Å²) in [4.78, 5) is 20.4. The summed E-state index contributed by atoms with van der Waals surface area (Å²) in [6.07, 6.45) is 0. The smallest absolute Gasteiger partial charge is 0.293 e. The first-order chi connectivity index (χ1) is 8.72. The third-order valence-corrected chi connectivity index (χ3v) is 2.78. The van der Waals surface area contributed by atoms with Gasteiger partial charge in [-0.2, -0.15) is 4.89 Å². The fourth-order valence-electron chi connectivity index (χ4n) is 1.61. The molecule has 0 bridgehead atoms. The molecule has 0 aromatic heterocycles. The molecule has 92 valence electrons. The second-order valence-electron chi connectivity index (χ2n) is 3.60. The summed E-state index contributed by atoms with van der Waals surface area (Å²) >= 11 is 5.96. The summed E-state index contributed by atoms with van der Waals surface area (Å²) in [5.41, 5.74) is 2.17. The van der Waals surface area contributed by atoms with Crippen molar-refractivity contribution in [1.82, 2.24) is 0 Å². The van der Waals surface area contributed by atoms with Gasteiger partial charge in [0.2, 0.25) is 0 Å². The molecule has 18 heavy (non-hydrogen) atoms. The molecule has 0 unspecified atom stereocenters. The number of rotatable bonds is 3. The molecule has 2 aromatic rings. The van der Waals surface area contributed by atoms with E-state index in [1.54, 1.807) is 12.1 Å². The third kappa shape index (κ3) is 2.70. The molecule has 0 aliphatic carbocycles. The second-order valence-corrected chi connectivity index (χ2v) is 4.01. The summed E-state index contributed by atoms with van der Waals surface area (Å²) in [5, 5.41) is 0.330. The molecule has 0 spiro atoms. The average molecular weight is 263 g/mol. The molecule has 0 aliphatic heterocycles. The van der Waals surface area contributed by atoms with Crippen LogP contribution in [0.3, 0.4) is 0 Å². The number of carbonyl (C=O) groups excluding carboxylic acids is 1. The van der Waals surface area contributed by atoms with Crippen molar-refractivity contribution in [3.05, 3.63) is 59.1 Å². The Balaban J connectivity index is 2.41. The van der Waals surface area contributed by atoms with Gasteiger partial charge >= 0.3 is 5.97 Å². The molecule has 0 fully saturated rings. The van der Waals surface area contributed by atoms with Gasteiger partial charge in [-0.3, -0.25) is 4.89 Å². The highest BCUT2D eigenvalue weighted by molar-refractivity contribution is 6.33. The minimum atomic E-state index is -0.611. The van der Waals surface area contributed by atoms with E-state index in [4.69, 9.17) is 11.6 Å². The Hall–Kier alpha value is -1.84. The first kappa shape index (κ1) is 12.6. The molecule has 2 rings (SSSR count). The van der Waals surface area contributed by atoms with Gasteiger partial charge in [0.05, 0.1) is 17.7 Å². The van der Waals surface area contributed by atoms with E-state index in [1.807, 2.05) is 36.4 Å². The quantitative estimate of drug-likeness (QED) is 0.625. The van der Waals surface area contributed by atoms with E-state index in [-0.39, 0.29) is 5.56 Å². The van der Waals surface area contributed by atoms with E-state index in [9.17, 15) is 4.79 Å². The van der Waals surface area contributed by atoms with Crippen LogP contribution in [0.4, 0.5) is 0 Å². The van der Waals surface area contributed by atoms with Crippen LogP contribution in [0.25, 0.3) is 11.1 Å². The van der Waals surface area contributed by atoms with Crippen molar-refractivity contribution in [3.63, 3.8) is 0 Å². The molecule has 0 amide bonds. The molecular weight excluding hydrogens is 252 g/mol. The van der Waals surface area contributed by atoms with E-state index in [2.05, 4.69) is 9.78 Å². The zero-order valence-corrected chi connectivity index (χ0v) is 10.5. The van der Waals surface area contributed by atoms with Gasteiger partial charge in [-0.05, 0) is 23.3 Å². The summed E-state index contributed by atoms with van der Waals surface area (Å²) in [6, 6.07) is 14.9. The molecular formula is C14H11ClO3. The Morgan fingerprint density at radius 1 is 1.06 bits per heavy atom. The van der Waals surface area contributed by atoms with Gasteiger partial charge < -0.3 is 0 Å².